The third kappa shape index (κ3) is 9.45. The lowest BCUT2D eigenvalue weighted by atomic mass is 10.3. The number of nitrogens with zero attached hydrogens (tertiary/aromatic N) is 4. The number of piperazine rings is 1. The van der Waals surface area contributed by atoms with Crippen molar-refractivity contribution in [1.29, 1.82) is 0 Å². The minimum absolute atomic E-state index is 0. The van der Waals surface area contributed by atoms with Crippen LogP contribution >= 0.6 is 24.0 Å². The molecule has 9 heteroatoms. The molecule has 1 fully saturated rings. The minimum atomic E-state index is -0.223. The predicted octanol–water partition coefficient (Wildman–Crippen LogP) is 0.922. The Morgan fingerprint density at radius 1 is 1.16 bits per heavy atom. The second-order valence-corrected chi connectivity index (χ2v) is 5.70. The van der Waals surface area contributed by atoms with Gasteiger partial charge in [-0.25, -0.2) is 4.79 Å². The average molecular weight is 471 g/mol. The van der Waals surface area contributed by atoms with E-state index in [-0.39, 0.29) is 30.1 Å². The first-order chi connectivity index (χ1) is 11.6. The fourth-order valence-corrected chi connectivity index (χ4v) is 2.43. The van der Waals surface area contributed by atoms with E-state index in [2.05, 4.69) is 29.1 Å². The summed E-state index contributed by atoms with van der Waals surface area (Å²) in [6.45, 7) is 11.3. The number of hydrogen-bond donors (Lipinski definition) is 1. The molecule has 0 unspecified atom stereocenters. The number of carbonyl (C=O) groups is 1. The van der Waals surface area contributed by atoms with E-state index in [0.717, 1.165) is 51.8 Å². The fourth-order valence-electron chi connectivity index (χ4n) is 2.43. The molecule has 0 aromatic rings. The Labute approximate surface area is 168 Å². The Bertz CT molecular complexity index is 390. The molecule has 0 spiro atoms. The number of likely N-dealkylation sites (N-methyl/N-ethyl adjacent to an activating group) is 1. The van der Waals surface area contributed by atoms with Crippen LogP contribution in [0.1, 0.15) is 13.8 Å². The van der Waals surface area contributed by atoms with Crippen molar-refractivity contribution < 1.29 is 14.3 Å². The molecule has 0 radical (unpaired) electrons. The predicted molar refractivity (Wildman–Crippen MR) is 111 cm³/mol. The zero-order valence-corrected chi connectivity index (χ0v) is 18.3. The van der Waals surface area contributed by atoms with Crippen molar-refractivity contribution >= 4 is 36.0 Å². The lowest BCUT2D eigenvalue weighted by Gasteiger charge is -2.36. The summed E-state index contributed by atoms with van der Waals surface area (Å²) in [5.41, 5.74) is 0. The number of methoxy groups -OCH3 is 1. The number of hydrogen-bond acceptors (Lipinski definition) is 5. The molecule has 1 aliphatic heterocycles. The van der Waals surface area contributed by atoms with Gasteiger partial charge in [0, 0.05) is 52.9 Å². The van der Waals surface area contributed by atoms with Crippen LogP contribution in [0.4, 0.5) is 4.79 Å². The van der Waals surface area contributed by atoms with Crippen molar-refractivity contribution in [2.24, 2.45) is 4.99 Å². The quantitative estimate of drug-likeness (QED) is 0.323. The molecule has 1 heterocycles. The molecule has 148 valence electrons. The van der Waals surface area contributed by atoms with Crippen LogP contribution < -0.4 is 5.32 Å². The standard InChI is InChI=1S/C16H33N5O3.HI/c1-5-17-15(18-7-8-19(3)13-14-23-4)20-9-11-21(12-10-20)16(22)24-6-2;/h5-14H2,1-4H3,(H,17,18);1H. The maximum absolute atomic E-state index is 11.8. The molecule has 25 heavy (non-hydrogen) atoms. The molecule has 0 atom stereocenters. The van der Waals surface area contributed by atoms with Crippen molar-refractivity contribution in [3.05, 3.63) is 0 Å². The number of rotatable bonds is 8. The van der Waals surface area contributed by atoms with E-state index in [1.54, 1.807) is 12.0 Å². The highest BCUT2D eigenvalue weighted by atomic mass is 127. The van der Waals surface area contributed by atoms with Gasteiger partial charge in [0.2, 0.25) is 0 Å². The van der Waals surface area contributed by atoms with Crippen LogP contribution in [-0.4, -0.2) is 106 Å². The molecule has 1 N–H and O–H groups in total. The second-order valence-electron chi connectivity index (χ2n) is 5.70. The molecule has 1 rings (SSSR count). The van der Waals surface area contributed by atoms with E-state index in [1.165, 1.54) is 0 Å². The molecule has 1 aliphatic rings. The number of nitrogens with one attached hydrogen (secondary N) is 1. The summed E-state index contributed by atoms with van der Waals surface area (Å²) >= 11 is 0. The normalized spacial score (nSPS) is 15.2. The molecule has 0 aromatic heterocycles. The van der Waals surface area contributed by atoms with Crippen LogP contribution in [-0.2, 0) is 9.47 Å². The molecular weight excluding hydrogens is 437 g/mol. The second kappa shape index (κ2) is 14.4. The molecule has 0 aromatic carbocycles. The molecule has 0 saturated carbocycles. The van der Waals surface area contributed by atoms with Crippen molar-refractivity contribution in [2.75, 3.05) is 79.7 Å². The van der Waals surface area contributed by atoms with E-state index >= 15 is 0 Å². The number of carbonyl (C=O) groups excluding carboxylic acids is 1. The van der Waals surface area contributed by atoms with E-state index in [1.807, 2.05) is 6.92 Å². The highest BCUT2D eigenvalue weighted by Crippen LogP contribution is 2.04. The van der Waals surface area contributed by atoms with Crippen molar-refractivity contribution in [1.82, 2.24) is 20.0 Å². The lowest BCUT2D eigenvalue weighted by Crippen LogP contribution is -2.54. The molecule has 1 saturated heterocycles. The summed E-state index contributed by atoms with van der Waals surface area (Å²) in [6.07, 6.45) is -0.223. The van der Waals surface area contributed by atoms with E-state index < -0.39 is 0 Å². The van der Waals surface area contributed by atoms with Gasteiger partial charge in [0.25, 0.3) is 0 Å². The summed E-state index contributed by atoms with van der Waals surface area (Å²) < 4.78 is 10.1. The molecule has 1 amide bonds. The highest BCUT2D eigenvalue weighted by Gasteiger charge is 2.23. The van der Waals surface area contributed by atoms with Crippen molar-refractivity contribution in [3.63, 3.8) is 0 Å². The van der Waals surface area contributed by atoms with Gasteiger partial charge >= 0.3 is 6.09 Å². The summed E-state index contributed by atoms with van der Waals surface area (Å²) in [5.74, 6) is 0.918. The first-order valence-corrected chi connectivity index (χ1v) is 8.74. The first-order valence-electron chi connectivity index (χ1n) is 8.74. The van der Waals surface area contributed by atoms with E-state index in [0.29, 0.717) is 19.7 Å². The SMILES string of the molecule is CCNC(=NCCN(C)CCOC)N1CCN(C(=O)OCC)CC1.I. The minimum Gasteiger partial charge on any atom is -0.450 e. The van der Waals surface area contributed by atoms with Crippen molar-refractivity contribution in [3.8, 4) is 0 Å². The number of amides is 1. The van der Waals surface area contributed by atoms with Gasteiger partial charge in [-0.05, 0) is 20.9 Å². The summed E-state index contributed by atoms with van der Waals surface area (Å²) in [7, 11) is 3.78. The zero-order valence-electron chi connectivity index (χ0n) is 16.0. The Hall–Kier alpha value is -0.810. The number of aliphatic imine (C=N–C) groups is 1. The largest absolute Gasteiger partial charge is 0.450 e. The lowest BCUT2D eigenvalue weighted by molar-refractivity contribution is 0.0914. The van der Waals surface area contributed by atoms with Crippen LogP contribution in [0.15, 0.2) is 4.99 Å². The Kier molecular flexibility index (Phi) is 13.9. The average Bonchev–Trinajstić information content (AvgIpc) is 2.59. The Morgan fingerprint density at radius 3 is 2.36 bits per heavy atom. The van der Waals surface area contributed by atoms with Gasteiger partial charge in [-0.3, -0.25) is 4.99 Å². The van der Waals surface area contributed by atoms with Crippen molar-refractivity contribution in [2.45, 2.75) is 13.8 Å². The van der Waals surface area contributed by atoms with Crippen LogP contribution in [0.5, 0.6) is 0 Å². The third-order valence-electron chi connectivity index (χ3n) is 3.86. The van der Waals surface area contributed by atoms with Gasteiger partial charge in [-0.15, -0.1) is 24.0 Å². The van der Waals surface area contributed by atoms with E-state index in [4.69, 9.17) is 14.5 Å². The maximum Gasteiger partial charge on any atom is 0.409 e. The summed E-state index contributed by atoms with van der Waals surface area (Å²) in [5, 5.41) is 3.34. The molecule has 8 nitrogen and oxygen atoms in total. The van der Waals surface area contributed by atoms with Crippen LogP contribution in [0, 0.1) is 0 Å². The van der Waals surface area contributed by atoms with E-state index in [9.17, 15) is 4.79 Å². The highest BCUT2D eigenvalue weighted by molar-refractivity contribution is 14.0. The molecule has 0 bridgehead atoms. The van der Waals surface area contributed by atoms with Gasteiger partial charge in [-0.1, -0.05) is 0 Å². The monoisotopic (exact) mass is 471 g/mol. The van der Waals surface area contributed by atoms with Gasteiger partial charge in [0.05, 0.1) is 19.8 Å². The molecule has 0 aliphatic carbocycles. The van der Waals surface area contributed by atoms with Gasteiger partial charge < -0.3 is 29.5 Å². The van der Waals surface area contributed by atoms with Crippen LogP contribution in [0.2, 0.25) is 0 Å². The number of ether oxygens (including phenoxy) is 2. The smallest absolute Gasteiger partial charge is 0.409 e. The number of guanidine groups is 1. The number of halogens is 1. The van der Waals surface area contributed by atoms with Gasteiger partial charge in [-0.2, -0.15) is 0 Å². The topological polar surface area (TPSA) is 69.6 Å². The summed E-state index contributed by atoms with van der Waals surface area (Å²) in [6, 6.07) is 0. The fraction of sp³-hybridized carbons (Fsp3) is 0.875. The Balaban J connectivity index is 0.00000576. The maximum atomic E-state index is 11.8. The molecular formula is C16H34IN5O3. The first kappa shape index (κ1) is 24.2. The Morgan fingerprint density at radius 2 is 1.80 bits per heavy atom. The van der Waals surface area contributed by atoms with Crippen LogP contribution in [0.3, 0.4) is 0 Å². The van der Waals surface area contributed by atoms with Gasteiger partial charge in [0.15, 0.2) is 5.96 Å². The third-order valence-corrected chi connectivity index (χ3v) is 3.86. The summed E-state index contributed by atoms with van der Waals surface area (Å²) in [4.78, 5) is 22.6. The van der Waals surface area contributed by atoms with Gasteiger partial charge in [0.1, 0.15) is 0 Å². The zero-order chi connectivity index (χ0) is 17.8. The van der Waals surface area contributed by atoms with Crippen LogP contribution in [0.25, 0.3) is 0 Å².